The topological polar surface area (TPSA) is 44.4 Å². The molecule has 4 nitrogen and oxygen atoms in total. The summed E-state index contributed by atoms with van der Waals surface area (Å²) in [5.74, 6) is 0.126. The molecule has 0 aliphatic carbocycles. The molecule has 2 N–H and O–H groups in total. The minimum Gasteiger partial charge on any atom is -0.358 e. The van der Waals surface area contributed by atoms with Crippen LogP contribution in [0.1, 0.15) is 40.0 Å². The number of amides is 1. The highest BCUT2D eigenvalue weighted by Crippen LogP contribution is 2.19. The molecule has 0 aromatic carbocycles. The van der Waals surface area contributed by atoms with Gasteiger partial charge in [0.1, 0.15) is 0 Å². The van der Waals surface area contributed by atoms with Gasteiger partial charge in [-0.15, -0.1) is 0 Å². The van der Waals surface area contributed by atoms with E-state index in [1.54, 1.807) is 7.05 Å². The van der Waals surface area contributed by atoms with Crippen molar-refractivity contribution < 1.29 is 4.79 Å². The Morgan fingerprint density at radius 2 is 2.06 bits per heavy atom. The van der Waals surface area contributed by atoms with E-state index < -0.39 is 0 Å². The van der Waals surface area contributed by atoms with Crippen molar-refractivity contribution in [3.8, 4) is 0 Å². The fourth-order valence-corrected chi connectivity index (χ4v) is 2.48. The van der Waals surface area contributed by atoms with E-state index in [4.69, 9.17) is 0 Å². The van der Waals surface area contributed by atoms with Crippen LogP contribution in [0.2, 0.25) is 0 Å². The van der Waals surface area contributed by atoms with Crippen LogP contribution < -0.4 is 10.6 Å². The summed E-state index contributed by atoms with van der Waals surface area (Å²) in [6.07, 6.45) is 3.68. The first-order valence-corrected chi connectivity index (χ1v) is 6.77. The lowest BCUT2D eigenvalue weighted by atomic mass is 9.99. The summed E-state index contributed by atoms with van der Waals surface area (Å²) in [5, 5.41) is 6.23. The summed E-state index contributed by atoms with van der Waals surface area (Å²) < 4.78 is 0. The van der Waals surface area contributed by atoms with Gasteiger partial charge in [0.2, 0.25) is 5.91 Å². The number of nitrogens with one attached hydrogen (secondary N) is 2. The van der Waals surface area contributed by atoms with Crippen molar-refractivity contribution in [1.29, 1.82) is 0 Å². The fourth-order valence-electron chi connectivity index (χ4n) is 2.48. The summed E-state index contributed by atoms with van der Waals surface area (Å²) in [6, 6.07) is 0.992. The highest BCUT2D eigenvalue weighted by molar-refractivity contribution is 5.81. The smallest absolute Gasteiger partial charge is 0.236 e. The molecule has 1 aliphatic heterocycles. The van der Waals surface area contributed by atoms with Crippen molar-refractivity contribution in [3.63, 3.8) is 0 Å². The molecule has 1 saturated heterocycles. The van der Waals surface area contributed by atoms with Crippen LogP contribution in [0.5, 0.6) is 0 Å². The van der Waals surface area contributed by atoms with Crippen molar-refractivity contribution in [2.75, 3.05) is 20.1 Å². The first-order valence-electron chi connectivity index (χ1n) is 6.77. The van der Waals surface area contributed by atoms with Gasteiger partial charge in [0, 0.05) is 25.7 Å². The molecule has 0 spiro atoms. The minimum absolute atomic E-state index is 0.0146. The molecular weight excluding hydrogens is 214 g/mol. The second-order valence-corrected chi connectivity index (χ2v) is 5.24. The van der Waals surface area contributed by atoms with Gasteiger partial charge < -0.3 is 10.6 Å². The van der Waals surface area contributed by atoms with Crippen molar-refractivity contribution in [2.24, 2.45) is 0 Å². The van der Waals surface area contributed by atoms with E-state index in [2.05, 4.69) is 29.4 Å². The van der Waals surface area contributed by atoms with E-state index in [9.17, 15) is 4.79 Å². The van der Waals surface area contributed by atoms with E-state index in [1.165, 1.54) is 19.3 Å². The fraction of sp³-hybridized carbons (Fsp3) is 0.923. The highest BCUT2D eigenvalue weighted by atomic mass is 16.2. The maximum Gasteiger partial charge on any atom is 0.236 e. The number of nitrogens with zero attached hydrogens (tertiary/aromatic N) is 1. The van der Waals surface area contributed by atoms with Gasteiger partial charge in [0.15, 0.2) is 0 Å². The third kappa shape index (κ3) is 4.28. The number of rotatable bonds is 5. The van der Waals surface area contributed by atoms with Gasteiger partial charge in [-0.25, -0.2) is 0 Å². The lowest BCUT2D eigenvalue weighted by Gasteiger charge is -2.39. The van der Waals surface area contributed by atoms with E-state index in [1.807, 2.05) is 6.92 Å². The predicted molar refractivity (Wildman–Crippen MR) is 71.0 cm³/mol. The number of hydrogen-bond acceptors (Lipinski definition) is 3. The summed E-state index contributed by atoms with van der Waals surface area (Å²) in [4.78, 5) is 14.1. The average Bonchev–Trinajstić information content (AvgIpc) is 2.34. The van der Waals surface area contributed by atoms with Crippen LogP contribution in [0.15, 0.2) is 0 Å². The predicted octanol–water partition coefficient (Wildman–Crippen LogP) is 0.973. The maximum absolute atomic E-state index is 11.7. The van der Waals surface area contributed by atoms with Crippen LogP contribution >= 0.6 is 0 Å². The standard InChI is InChI=1S/C13H27N3O/c1-10(2)15-9-12-7-5-6-8-16(12)11(3)13(17)14-4/h10-12,15H,5-9H2,1-4H3,(H,14,17). The summed E-state index contributed by atoms with van der Waals surface area (Å²) in [6.45, 7) is 8.36. The van der Waals surface area contributed by atoms with Crippen LogP contribution in [-0.4, -0.2) is 49.1 Å². The van der Waals surface area contributed by atoms with Crippen molar-refractivity contribution in [2.45, 2.75) is 58.2 Å². The molecule has 1 amide bonds. The van der Waals surface area contributed by atoms with Crippen LogP contribution in [0.25, 0.3) is 0 Å². The molecule has 100 valence electrons. The number of hydrogen-bond donors (Lipinski definition) is 2. The van der Waals surface area contributed by atoms with Crippen molar-refractivity contribution >= 4 is 5.91 Å². The summed E-state index contributed by atoms with van der Waals surface area (Å²) >= 11 is 0. The van der Waals surface area contributed by atoms with Gasteiger partial charge in [-0.3, -0.25) is 9.69 Å². The first kappa shape index (κ1) is 14.5. The molecule has 1 fully saturated rings. The Bertz CT molecular complexity index is 243. The minimum atomic E-state index is -0.0146. The van der Waals surface area contributed by atoms with Gasteiger partial charge in [0.05, 0.1) is 6.04 Å². The molecule has 2 atom stereocenters. The summed E-state index contributed by atoms with van der Waals surface area (Å²) in [7, 11) is 1.71. The molecule has 0 aromatic rings. The monoisotopic (exact) mass is 241 g/mol. The Labute approximate surface area is 105 Å². The van der Waals surface area contributed by atoms with E-state index in [-0.39, 0.29) is 11.9 Å². The second kappa shape index (κ2) is 6.97. The van der Waals surface area contributed by atoms with Gasteiger partial charge in [-0.05, 0) is 26.3 Å². The SMILES string of the molecule is CNC(=O)C(C)N1CCCCC1CNC(C)C. The number of likely N-dealkylation sites (N-methyl/N-ethyl adjacent to an activating group) is 1. The first-order chi connectivity index (χ1) is 8.06. The number of piperidine rings is 1. The highest BCUT2D eigenvalue weighted by Gasteiger charge is 2.29. The Balaban J connectivity index is 2.55. The Morgan fingerprint density at radius 3 is 2.65 bits per heavy atom. The maximum atomic E-state index is 11.7. The quantitative estimate of drug-likeness (QED) is 0.754. The van der Waals surface area contributed by atoms with Crippen LogP contribution in [0.3, 0.4) is 0 Å². The molecule has 1 aliphatic rings. The van der Waals surface area contributed by atoms with Gasteiger partial charge in [-0.2, -0.15) is 0 Å². The largest absolute Gasteiger partial charge is 0.358 e. The second-order valence-electron chi connectivity index (χ2n) is 5.24. The van der Waals surface area contributed by atoms with Crippen molar-refractivity contribution in [3.05, 3.63) is 0 Å². The zero-order chi connectivity index (χ0) is 12.8. The Hall–Kier alpha value is -0.610. The zero-order valence-corrected chi connectivity index (χ0v) is 11.6. The third-order valence-corrected chi connectivity index (χ3v) is 3.56. The number of carbonyl (C=O) groups excluding carboxylic acids is 1. The lowest BCUT2D eigenvalue weighted by Crippen LogP contribution is -2.54. The van der Waals surface area contributed by atoms with Gasteiger partial charge >= 0.3 is 0 Å². The number of carbonyl (C=O) groups is 1. The average molecular weight is 241 g/mol. The lowest BCUT2D eigenvalue weighted by molar-refractivity contribution is -0.126. The third-order valence-electron chi connectivity index (χ3n) is 3.56. The molecule has 0 saturated carbocycles. The molecule has 2 unspecified atom stereocenters. The van der Waals surface area contributed by atoms with E-state index in [0.717, 1.165) is 13.1 Å². The number of likely N-dealkylation sites (tertiary alicyclic amines) is 1. The Morgan fingerprint density at radius 1 is 1.35 bits per heavy atom. The van der Waals surface area contributed by atoms with Crippen LogP contribution in [0, 0.1) is 0 Å². The molecule has 17 heavy (non-hydrogen) atoms. The molecular formula is C13H27N3O. The molecule has 4 heteroatoms. The van der Waals surface area contributed by atoms with Crippen LogP contribution in [-0.2, 0) is 4.79 Å². The van der Waals surface area contributed by atoms with Gasteiger partial charge in [0.25, 0.3) is 0 Å². The molecule has 0 radical (unpaired) electrons. The van der Waals surface area contributed by atoms with Gasteiger partial charge in [-0.1, -0.05) is 20.3 Å². The van der Waals surface area contributed by atoms with Crippen molar-refractivity contribution in [1.82, 2.24) is 15.5 Å². The Kier molecular flexibility index (Phi) is 5.92. The van der Waals surface area contributed by atoms with E-state index in [0.29, 0.717) is 12.1 Å². The zero-order valence-electron chi connectivity index (χ0n) is 11.6. The molecule has 0 aromatic heterocycles. The molecule has 1 heterocycles. The van der Waals surface area contributed by atoms with Crippen LogP contribution in [0.4, 0.5) is 0 Å². The summed E-state index contributed by atoms with van der Waals surface area (Å²) in [5.41, 5.74) is 0. The van der Waals surface area contributed by atoms with E-state index >= 15 is 0 Å². The molecule has 1 rings (SSSR count). The molecule has 0 bridgehead atoms. The normalized spacial score (nSPS) is 23.7.